The largest absolute Gasteiger partial charge is 0.489 e. The number of hydrogen-bond acceptors (Lipinski definition) is 8. The van der Waals surface area contributed by atoms with Crippen molar-refractivity contribution in [1.82, 2.24) is 14.8 Å². The van der Waals surface area contributed by atoms with E-state index in [0.717, 1.165) is 5.56 Å². The summed E-state index contributed by atoms with van der Waals surface area (Å²) in [6.45, 7) is 0.699. The molecule has 0 atom stereocenters. The summed E-state index contributed by atoms with van der Waals surface area (Å²) in [5, 5.41) is 7.92. The minimum absolute atomic E-state index is 0.180. The molecule has 1 heterocycles. The van der Waals surface area contributed by atoms with E-state index in [1.165, 1.54) is 23.8 Å². The third kappa shape index (κ3) is 5.78. The van der Waals surface area contributed by atoms with Crippen molar-refractivity contribution in [3.8, 4) is 11.4 Å². The maximum atomic E-state index is 13.3. The van der Waals surface area contributed by atoms with E-state index in [4.69, 9.17) is 10.5 Å². The van der Waals surface area contributed by atoms with Gasteiger partial charge in [-0.1, -0.05) is 42.5 Å². The Bertz CT molecular complexity index is 1420. The summed E-state index contributed by atoms with van der Waals surface area (Å²) in [4.78, 5) is 11.7. The fourth-order valence-corrected chi connectivity index (χ4v) is 5.04. The third-order valence-corrected chi connectivity index (χ3v) is 6.96. The van der Waals surface area contributed by atoms with Gasteiger partial charge in [0.15, 0.2) is 0 Å². The number of ether oxygens (including phenoxy) is 2. The smallest absolute Gasteiger partial charge is 0.337 e. The summed E-state index contributed by atoms with van der Waals surface area (Å²) in [5.41, 5.74) is 8.19. The van der Waals surface area contributed by atoms with Gasteiger partial charge in [0.25, 0.3) is 5.16 Å². The first-order valence-corrected chi connectivity index (χ1v) is 12.9. The van der Waals surface area contributed by atoms with Gasteiger partial charge >= 0.3 is 5.97 Å². The molecule has 0 saturated heterocycles. The first-order chi connectivity index (χ1) is 17.4. The highest BCUT2D eigenvalue weighted by molar-refractivity contribution is 7.90. The molecule has 1 aromatic heterocycles. The first-order valence-electron chi connectivity index (χ1n) is 11.2. The lowest BCUT2D eigenvalue weighted by Crippen LogP contribution is -2.15. The average Bonchev–Trinajstić information content (AvgIpc) is 3.33. The molecule has 0 bridgehead atoms. The number of benzene rings is 3. The third-order valence-electron chi connectivity index (χ3n) is 5.42. The molecule has 0 aliphatic rings. The van der Waals surface area contributed by atoms with Crippen molar-refractivity contribution in [3.05, 3.63) is 101 Å². The van der Waals surface area contributed by atoms with Crippen molar-refractivity contribution in [3.63, 3.8) is 0 Å². The second kappa shape index (κ2) is 11.1. The number of hydrogen-bond donors (Lipinski definition) is 1. The molecule has 0 spiro atoms. The van der Waals surface area contributed by atoms with E-state index in [1.54, 1.807) is 36.4 Å². The van der Waals surface area contributed by atoms with Crippen molar-refractivity contribution in [2.24, 2.45) is 5.73 Å². The van der Waals surface area contributed by atoms with Crippen LogP contribution >= 0.6 is 0 Å². The van der Waals surface area contributed by atoms with Gasteiger partial charge in [0.05, 0.1) is 18.4 Å². The second-order valence-corrected chi connectivity index (χ2v) is 9.87. The number of aromatic nitrogens is 3. The summed E-state index contributed by atoms with van der Waals surface area (Å²) < 4.78 is 38.7. The summed E-state index contributed by atoms with van der Waals surface area (Å²) in [6, 6.07) is 23.0. The molecule has 2 N–H and O–H groups in total. The molecular formula is C26H26N4O5S. The monoisotopic (exact) mass is 506 g/mol. The molecule has 0 amide bonds. The normalized spacial score (nSPS) is 11.3. The molecule has 36 heavy (non-hydrogen) atoms. The van der Waals surface area contributed by atoms with E-state index in [-0.39, 0.29) is 17.5 Å². The number of sulfone groups is 1. The van der Waals surface area contributed by atoms with E-state index in [2.05, 4.69) is 14.9 Å². The topological polar surface area (TPSA) is 126 Å². The molecule has 4 aromatic rings. The second-order valence-electron chi connectivity index (χ2n) is 7.99. The van der Waals surface area contributed by atoms with E-state index < -0.39 is 15.8 Å². The molecule has 0 aliphatic carbocycles. The predicted molar refractivity (Wildman–Crippen MR) is 134 cm³/mol. The highest BCUT2D eigenvalue weighted by Gasteiger charge is 2.26. The zero-order chi connectivity index (χ0) is 25.5. The van der Waals surface area contributed by atoms with Gasteiger partial charge in [0.2, 0.25) is 9.84 Å². The summed E-state index contributed by atoms with van der Waals surface area (Å²) in [7, 11) is -2.60. The van der Waals surface area contributed by atoms with Crippen LogP contribution < -0.4 is 10.5 Å². The van der Waals surface area contributed by atoms with Gasteiger partial charge < -0.3 is 15.2 Å². The zero-order valence-electron chi connectivity index (χ0n) is 19.7. The number of esters is 1. The van der Waals surface area contributed by atoms with Crippen molar-refractivity contribution < 1.29 is 22.7 Å². The standard InChI is InChI=1S/C26H26N4O5S/c1-34-25(31)21-9-7-20(8-10-21)18-36(32,33)26-29-28-24(15-16-27)30(26)22-11-13-23(14-12-22)35-17-19-5-3-2-4-6-19/h2-14H,15-18,27H2,1H3. The molecular weight excluding hydrogens is 480 g/mol. The van der Waals surface area contributed by atoms with Crippen molar-refractivity contribution in [2.45, 2.75) is 23.9 Å². The Morgan fingerprint density at radius 2 is 1.61 bits per heavy atom. The maximum absolute atomic E-state index is 13.3. The van der Waals surface area contributed by atoms with Crippen molar-refractivity contribution in [1.29, 1.82) is 0 Å². The van der Waals surface area contributed by atoms with Crippen molar-refractivity contribution in [2.75, 3.05) is 13.7 Å². The van der Waals surface area contributed by atoms with Gasteiger partial charge in [0.1, 0.15) is 18.2 Å². The Morgan fingerprint density at radius 1 is 0.917 bits per heavy atom. The van der Waals surface area contributed by atoms with Gasteiger partial charge in [-0.05, 0) is 54.1 Å². The molecule has 186 valence electrons. The van der Waals surface area contributed by atoms with Gasteiger partial charge in [-0.15, -0.1) is 10.2 Å². The van der Waals surface area contributed by atoms with Crippen LogP contribution in [0.5, 0.6) is 5.75 Å². The Balaban J connectivity index is 1.58. The van der Waals surface area contributed by atoms with Crippen LogP contribution in [0.1, 0.15) is 27.3 Å². The molecule has 0 unspecified atom stereocenters. The zero-order valence-corrected chi connectivity index (χ0v) is 20.5. The molecule has 3 aromatic carbocycles. The Labute approximate surface area is 209 Å². The quantitative estimate of drug-likeness (QED) is 0.325. The molecule has 0 radical (unpaired) electrons. The van der Waals surface area contributed by atoms with Crippen LogP contribution in [0.2, 0.25) is 0 Å². The molecule has 0 fully saturated rings. The van der Waals surface area contributed by atoms with Crippen LogP contribution in [0.15, 0.2) is 84.0 Å². The van der Waals surface area contributed by atoms with Crippen LogP contribution in [-0.4, -0.2) is 42.8 Å². The minimum Gasteiger partial charge on any atom is -0.489 e. The predicted octanol–water partition coefficient (Wildman–Crippen LogP) is 3.11. The molecule has 0 aliphatic heterocycles. The summed E-state index contributed by atoms with van der Waals surface area (Å²) in [6.07, 6.45) is 0.350. The van der Waals surface area contributed by atoms with E-state index >= 15 is 0 Å². The van der Waals surface area contributed by atoms with E-state index in [0.29, 0.717) is 41.4 Å². The van der Waals surface area contributed by atoms with Crippen LogP contribution in [0.25, 0.3) is 5.69 Å². The minimum atomic E-state index is -3.88. The first kappa shape index (κ1) is 25.1. The SMILES string of the molecule is COC(=O)c1ccc(CS(=O)(=O)c2nnc(CCN)n2-c2ccc(OCc3ccccc3)cc2)cc1. The lowest BCUT2D eigenvalue weighted by molar-refractivity contribution is 0.0600. The van der Waals surface area contributed by atoms with Crippen LogP contribution in [-0.2, 0) is 33.4 Å². The number of methoxy groups -OCH3 is 1. The lowest BCUT2D eigenvalue weighted by Gasteiger charge is -2.12. The summed E-state index contributed by atoms with van der Waals surface area (Å²) >= 11 is 0. The number of carbonyl (C=O) groups is 1. The van der Waals surface area contributed by atoms with Crippen molar-refractivity contribution >= 4 is 15.8 Å². The van der Waals surface area contributed by atoms with Crippen LogP contribution in [0.4, 0.5) is 0 Å². The van der Waals surface area contributed by atoms with E-state index in [9.17, 15) is 13.2 Å². The highest BCUT2D eigenvalue weighted by Crippen LogP contribution is 2.24. The molecule has 9 nitrogen and oxygen atoms in total. The van der Waals surface area contributed by atoms with Gasteiger partial charge in [0, 0.05) is 12.1 Å². The fraction of sp³-hybridized carbons (Fsp3) is 0.192. The lowest BCUT2D eigenvalue weighted by atomic mass is 10.1. The van der Waals surface area contributed by atoms with Gasteiger partial charge in [-0.2, -0.15) is 0 Å². The van der Waals surface area contributed by atoms with Gasteiger partial charge in [-0.3, -0.25) is 4.57 Å². The number of carbonyl (C=O) groups excluding carboxylic acids is 1. The Kier molecular flexibility index (Phi) is 7.77. The number of nitrogens with zero attached hydrogens (tertiary/aromatic N) is 3. The average molecular weight is 507 g/mol. The molecule has 10 heteroatoms. The van der Waals surface area contributed by atoms with Crippen LogP contribution in [0, 0.1) is 0 Å². The summed E-state index contributed by atoms with van der Waals surface area (Å²) in [5.74, 6) is 0.279. The van der Waals surface area contributed by atoms with E-state index in [1.807, 2.05) is 30.3 Å². The highest BCUT2D eigenvalue weighted by atomic mass is 32.2. The maximum Gasteiger partial charge on any atom is 0.337 e. The number of rotatable bonds is 10. The Hall–Kier alpha value is -4.02. The van der Waals surface area contributed by atoms with Gasteiger partial charge in [-0.25, -0.2) is 13.2 Å². The Morgan fingerprint density at radius 3 is 2.25 bits per heavy atom. The number of nitrogens with two attached hydrogens (primary N) is 1. The molecule has 4 rings (SSSR count). The fourth-order valence-electron chi connectivity index (χ4n) is 3.62. The molecule has 0 saturated carbocycles. The van der Waals surface area contributed by atoms with Crippen LogP contribution in [0.3, 0.4) is 0 Å².